The number of furan rings is 1. The molecule has 2 saturated heterocycles. The van der Waals surface area contributed by atoms with Crippen LogP contribution in [-0.4, -0.2) is 45.1 Å². The van der Waals surface area contributed by atoms with Gasteiger partial charge in [0.1, 0.15) is 5.76 Å². The highest BCUT2D eigenvalue weighted by atomic mass is 16.3. The molecule has 2 aromatic heterocycles. The molecule has 0 aromatic carbocycles. The number of likely N-dealkylation sites (tertiary alicyclic amines) is 1. The zero-order valence-corrected chi connectivity index (χ0v) is 13.8. The standard InChI is InChI=1S/C17H20N4O3/c1-11-13(6-8-24-11)17(23)20-7-5-15-14(20)3-4-16(22)21(15)12-9-18-19(2)10-12/h6,8-10,14-15H,3-5,7H2,1-2H3/t14-,15-/m1/s1. The molecule has 2 atom stereocenters. The summed E-state index contributed by atoms with van der Waals surface area (Å²) in [5.74, 6) is 0.742. The van der Waals surface area contributed by atoms with Crippen LogP contribution >= 0.6 is 0 Å². The van der Waals surface area contributed by atoms with Gasteiger partial charge in [-0.3, -0.25) is 14.3 Å². The van der Waals surface area contributed by atoms with Crippen molar-refractivity contribution in [1.82, 2.24) is 14.7 Å². The predicted octanol–water partition coefficient (Wildman–Crippen LogP) is 1.73. The van der Waals surface area contributed by atoms with Crippen LogP contribution in [0.4, 0.5) is 5.69 Å². The summed E-state index contributed by atoms with van der Waals surface area (Å²) in [5, 5.41) is 4.18. The third-order valence-corrected chi connectivity index (χ3v) is 5.08. The number of piperidine rings is 1. The molecule has 0 aliphatic carbocycles. The zero-order chi connectivity index (χ0) is 16.8. The molecule has 2 aliphatic heterocycles. The van der Waals surface area contributed by atoms with Crippen molar-refractivity contribution in [2.45, 2.75) is 38.3 Å². The molecule has 0 saturated carbocycles. The van der Waals surface area contributed by atoms with Crippen molar-refractivity contribution in [2.24, 2.45) is 7.05 Å². The maximum absolute atomic E-state index is 12.9. The predicted molar refractivity (Wildman–Crippen MR) is 86.6 cm³/mol. The number of rotatable bonds is 2. The van der Waals surface area contributed by atoms with Crippen molar-refractivity contribution >= 4 is 17.5 Å². The Hall–Kier alpha value is -2.57. The number of aryl methyl sites for hydroxylation is 2. The first kappa shape index (κ1) is 15.0. The number of anilines is 1. The van der Waals surface area contributed by atoms with E-state index in [4.69, 9.17) is 4.42 Å². The molecular weight excluding hydrogens is 308 g/mol. The van der Waals surface area contributed by atoms with Crippen LogP contribution in [0.15, 0.2) is 29.1 Å². The third kappa shape index (κ3) is 2.23. The number of fused-ring (bicyclic) bond motifs is 1. The van der Waals surface area contributed by atoms with E-state index in [1.54, 1.807) is 30.1 Å². The van der Waals surface area contributed by atoms with E-state index in [0.717, 1.165) is 12.1 Å². The van der Waals surface area contributed by atoms with Crippen LogP contribution in [0, 0.1) is 6.92 Å². The first-order chi connectivity index (χ1) is 11.6. The van der Waals surface area contributed by atoms with E-state index >= 15 is 0 Å². The molecule has 4 heterocycles. The van der Waals surface area contributed by atoms with Gasteiger partial charge < -0.3 is 14.2 Å². The lowest BCUT2D eigenvalue weighted by Gasteiger charge is -2.39. The molecule has 2 aromatic rings. The van der Waals surface area contributed by atoms with Gasteiger partial charge in [0, 0.05) is 26.2 Å². The summed E-state index contributed by atoms with van der Waals surface area (Å²) >= 11 is 0. The molecule has 126 valence electrons. The molecule has 24 heavy (non-hydrogen) atoms. The lowest BCUT2D eigenvalue weighted by atomic mass is 9.95. The normalized spacial score (nSPS) is 23.7. The minimum atomic E-state index is -0.00534. The van der Waals surface area contributed by atoms with E-state index in [1.165, 1.54) is 0 Å². The molecule has 0 unspecified atom stereocenters. The summed E-state index contributed by atoms with van der Waals surface area (Å²) in [6, 6.07) is 1.79. The number of carbonyl (C=O) groups excluding carboxylic acids is 2. The van der Waals surface area contributed by atoms with E-state index in [-0.39, 0.29) is 23.9 Å². The molecule has 0 spiro atoms. The molecule has 7 nitrogen and oxygen atoms in total. The molecule has 2 aliphatic rings. The molecule has 0 radical (unpaired) electrons. The van der Waals surface area contributed by atoms with Gasteiger partial charge in [-0.1, -0.05) is 0 Å². The van der Waals surface area contributed by atoms with Gasteiger partial charge in [-0.25, -0.2) is 0 Å². The van der Waals surface area contributed by atoms with Crippen LogP contribution in [0.5, 0.6) is 0 Å². The van der Waals surface area contributed by atoms with Crippen LogP contribution < -0.4 is 4.90 Å². The summed E-state index contributed by atoms with van der Waals surface area (Å²) in [7, 11) is 1.83. The minimum absolute atomic E-state index is 0.00534. The Morgan fingerprint density at radius 3 is 2.83 bits per heavy atom. The summed E-state index contributed by atoms with van der Waals surface area (Å²) in [4.78, 5) is 29.1. The Kier molecular flexibility index (Phi) is 3.44. The fourth-order valence-corrected chi connectivity index (χ4v) is 3.95. The fraction of sp³-hybridized carbons (Fsp3) is 0.471. The fourth-order valence-electron chi connectivity index (χ4n) is 3.95. The Balaban J connectivity index is 1.62. The Bertz CT molecular complexity index is 793. The van der Waals surface area contributed by atoms with Gasteiger partial charge in [-0.15, -0.1) is 0 Å². The molecule has 0 bridgehead atoms. The molecule has 2 fully saturated rings. The van der Waals surface area contributed by atoms with Gasteiger partial charge in [-0.2, -0.15) is 5.10 Å². The average Bonchev–Trinajstić information content (AvgIpc) is 3.26. The topological polar surface area (TPSA) is 71.6 Å². The minimum Gasteiger partial charge on any atom is -0.469 e. The first-order valence-corrected chi connectivity index (χ1v) is 8.22. The smallest absolute Gasteiger partial charge is 0.257 e. The van der Waals surface area contributed by atoms with Crippen LogP contribution in [-0.2, 0) is 11.8 Å². The van der Waals surface area contributed by atoms with E-state index < -0.39 is 0 Å². The third-order valence-electron chi connectivity index (χ3n) is 5.08. The molecule has 7 heteroatoms. The van der Waals surface area contributed by atoms with Crippen molar-refractivity contribution in [2.75, 3.05) is 11.4 Å². The van der Waals surface area contributed by atoms with Crippen LogP contribution in [0.1, 0.15) is 35.4 Å². The quantitative estimate of drug-likeness (QED) is 0.842. The number of hydrogen-bond donors (Lipinski definition) is 0. The van der Waals surface area contributed by atoms with Gasteiger partial charge in [0.2, 0.25) is 5.91 Å². The first-order valence-electron chi connectivity index (χ1n) is 8.22. The summed E-state index contributed by atoms with van der Waals surface area (Å²) in [5.41, 5.74) is 1.42. The van der Waals surface area contributed by atoms with Crippen molar-refractivity contribution < 1.29 is 14.0 Å². The number of nitrogens with zero attached hydrogens (tertiary/aromatic N) is 4. The summed E-state index contributed by atoms with van der Waals surface area (Å²) in [6.45, 7) is 2.45. The Morgan fingerprint density at radius 1 is 1.33 bits per heavy atom. The van der Waals surface area contributed by atoms with Gasteiger partial charge >= 0.3 is 0 Å². The Morgan fingerprint density at radius 2 is 2.17 bits per heavy atom. The largest absolute Gasteiger partial charge is 0.469 e. The van der Waals surface area contributed by atoms with Crippen LogP contribution in [0.2, 0.25) is 0 Å². The molecular formula is C17H20N4O3. The lowest BCUT2D eigenvalue weighted by Crippen LogP contribution is -2.53. The van der Waals surface area contributed by atoms with Gasteiger partial charge in [-0.05, 0) is 25.8 Å². The van der Waals surface area contributed by atoms with Crippen molar-refractivity contribution in [3.05, 3.63) is 36.0 Å². The number of amides is 2. The van der Waals surface area contributed by atoms with Crippen LogP contribution in [0.25, 0.3) is 0 Å². The zero-order valence-electron chi connectivity index (χ0n) is 13.8. The van der Waals surface area contributed by atoms with Crippen LogP contribution in [0.3, 0.4) is 0 Å². The van der Waals surface area contributed by atoms with Gasteiger partial charge in [0.25, 0.3) is 5.91 Å². The van der Waals surface area contributed by atoms with Gasteiger partial charge in [0.15, 0.2) is 0 Å². The number of carbonyl (C=O) groups is 2. The van der Waals surface area contributed by atoms with Crippen molar-refractivity contribution in [3.8, 4) is 0 Å². The maximum atomic E-state index is 12.9. The Labute approximate surface area is 139 Å². The second-order valence-electron chi connectivity index (χ2n) is 6.49. The summed E-state index contributed by atoms with van der Waals surface area (Å²) < 4.78 is 6.96. The van der Waals surface area contributed by atoms with Gasteiger partial charge in [0.05, 0.1) is 35.8 Å². The van der Waals surface area contributed by atoms with Crippen molar-refractivity contribution in [3.63, 3.8) is 0 Å². The SMILES string of the molecule is Cc1occc1C(=O)N1CC[C@@H]2[C@H]1CCC(=O)N2c1cnn(C)c1. The maximum Gasteiger partial charge on any atom is 0.257 e. The number of aromatic nitrogens is 2. The van der Waals surface area contributed by atoms with E-state index in [9.17, 15) is 9.59 Å². The van der Waals surface area contributed by atoms with Crippen molar-refractivity contribution in [1.29, 1.82) is 0 Å². The summed E-state index contributed by atoms with van der Waals surface area (Å²) in [6.07, 6.45) is 7.06. The van der Waals surface area contributed by atoms with E-state index in [2.05, 4.69) is 5.10 Å². The number of hydrogen-bond acceptors (Lipinski definition) is 4. The second kappa shape index (κ2) is 5.51. The lowest BCUT2D eigenvalue weighted by molar-refractivity contribution is -0.120. The molecule has 0 N–H and O–H groups in total. The molecule has 4 rings (SSSR count). The monoisotopic (exact) mass is 328 g/mol. The molecule has 2 amide bonds. The van der Waals surface area contributed by atoms with E-state index in [0.29, 0.717) is 30.7 Å². The highest BCUT2D eigenvalue weighted by Gasteiger charge is 2.46. The van der Waals surface area contributed by atoms with E-state index in [1.807, 2.05) is 23.0 Å². The highest BCUT2D eigenvalue weighted by molar-refractivity contribution is 5.98. The average molecular weight is 328 g/mol. The second-order valence-corrected chi connectivity index (χ2v) is 6.49. The highest BCUT2D eigenvalue weighted by Crippen LogP contribution is 2.35.